The third kappa shape index (κ3) is 5.18. The molecule has 3 rings (SSSR count). The second kappa shape index (κ2) is 8.89. The van der Waals surface area contributed by atoms with Gasteiger partial charge in [0.1, 0.15) is 16.9 Å². The minimum absolute atomic E-state index is 0.0406. The van der Waals surface area contributed by atoms with Crippen LogP contribution in [0.1, 0.15) is 70.3 Å². The molecule has 1 atom stereocenters. The zero-order valence-corrected chi connectivity index (χ0v) is 20.5. The molecule has 2 heterocycles. The Hall–Kier alpha value is -3.35. The molecule has 176 valence electrons. The SMILES string of the molecule is Cc1cc([C@@H](C)NC(=O)OC(C)(C)C)c2oc(-c3ccc(=O)n(C(C)C)c3)c(C)c(=O)c2c1. The van der Waals surface area contributed by atoms with E-state index in [9.17, 15) is 14.4 Å². The lowest BCUT2D eigenvalue weighted by Crippen LogP contribution is -2.34. The van der Waals surface area contributed by atoms with Crippen LogP contribution in [0.5, 0.6) is 0 Å². The van der Waals surface area contributed by atoms with Gasteiger partial charge < -0.3 is 19.0 Å². The summed E-state index contributed by atoms with van der Waals surface area (Å²) < 4.78 is 13.3. The number of pyridine rings is 1. The van der Waals surface area contributed by atoms with E-state index in [1.807, 2.05) is 33.8 Å². The fourth-order valence-electron chi connectivity index (χ4n) is 3.77. The quantitative estimate of drug-likeness (QED) is 0.572. The molecule has 0 unspecified atom stereocenters. The molecule has 1 amide bonds. The molecule has 0 bridgehead atoms. The van der Waals surface area contributed by atoms with Crippen molar-refractivity contribution in [3.8, 4) is 11.3 Å². The summed E-state index contributed by atoms with van der Waals surface area (Å²) in [7, 11) is 0. The van der Waals surface area contributed by atoms with Gasteiger partial charge in [-0.25, -0.2) is 4.79 Å². The first-order chi connectivity index (χ1) is 15.3. The first-order valence-electron chi connectivity index (χ1n) is 11.1. The molecule has 0 aliphatic heterocycles. The van der Waals surface area contributed by atoms with Crippen molar-refractivity contribution in [2.24, 2.45) is 0 Å². The predicted molar refractivity (Wildman–Crippen MR) is 130 cm³/mol. The molecular weight excluding hydrogens is 420 g/mol. The number of hydrogen-bond acceptors (Lipinski definition) is 5. The lowest BCUT2D eigenvalue weighted by molar-refractivity contribution is 0.0508. The average molecular weight is 453 g/mol. The highest BCUT2D eigenvalue weighted by molar-refractivity contribution is 5.84. The summed E-state index contributed by atoms with van der Waals surface area (Å²) in [5.41, 5.74) is 2.14. The molecule has 1 aromatic carbocycles. The second-order valence-electron chi connectivity index (χ2n) is 9.74. The maximum atomic E-state index is 13.3. The number of amides is 1. The number of carbonyl (C=O) groups excluding carboxylic acids is 1. The highest BCUT2D eigenvalue weighted by atomic mass is 16.6. The molecule has 1 N–H and O–H groups in total. The molecule has 0 radical (unpaired) electrons. The molecule has 0 saturated heterocycles. The minimum atomic E-state index is -0.630. The van der Waals surface area contributed by atoms with Gasteiger partial charge in [0.05, 0.1) is 11.4 Å². The van der Waals surface area contributed by atoms with E-state index < -0.39 is 17.7 Å². The van der Waals surface area contributed by atoms with Crippen LogP contribution in [0.3, 0.4) is 0 Å². The summed E-state index contributed by atoms with van der Waals surface area (Å²) in [6.07, 6.45) is 1.16. The molecule has 0 aliphatic rings. The number of carbonyl (C=O) groups is 1. The topological polar surface area (TPSA) is 90.5 Å². The van der Waals surface area contributed by atoms with Crippen molar-refractivity contribution in [1.29, 1.82) is 0 Å². The molecule has 7 nitrogen and oxygen atoms in total. The van der Waals surface area contributed by atoms with Crippen LogP contribution in [0.4, 0.5) is 4.79 Å². The molecule has 7 heteroatoms. The number of benzene rings is 1. The number of fused-ring (bicyclic) bond motifs is 1. The summed E-state index contributed by atoms with van der Waals surface area (Å²) in [6.45, 7) is 14.6. The van der Waals surface area contributed by atoms with Crippen LogP contribution in [0.2, 0.25) is 0 Å². The van der Waals surface area contributed by atoms with Gasteiger partial charge in [0.25, 0.3) is 5.56 Å². The van der Waals surface area contributed by atoms with Gasteiger partial charge in [0, 0.05) is 35.0 Å². The number of alkyl carbamates (subject to hydrolysis) is 1. The van der Waals surface area contributed by atoms with E-state index in [2.05, 4.69) is 5.32 Å². The van der Waals surface area contributed by atoms with Crippen molar-refractivity contribution in [3.63, 3.8) is 0 Å². The number of nitrogens with zero attached hydrogens (tertiary/aromatic N) is 1. The lowest BCUT2D eigenvalue weighted by atomic mass is 9.99. The predicted octanol–water partition coefficient (Wildman–Crippen LogP) is 5.41. The van der Waals surface area contributed by atoms with Gasteiger partial charge in [-0.3, -0.25) is 9.59 Å². The van der Waals surface area contributed by atoms with E-state index in [0.717, 1.165) is 5.56 Å². The van der Waals surface area contributed by atoms with Crippen LogP contribution in [0.25, 0.3) is 22.3 Å². The van der Waals surface area contributed by atoms with Crippen LogP contribution < -0.4 is 16.3 Å². The molecular formula is C26H32N2O5. The standard InChI is InChI=1S/C26H32N2O5/c1-14(2)28-13-18(9-10-21(28)29)23-16(4)22(30)20-12-15(3)11-19(24(20)32-23)17(5)27-25(31)33-26(6,7)8/h9-14,17H,1-8H3,(H,27,31)/t17-/m1/s1. The Morgan fingerprint density at radius 3 is 2.36 bits per heavy atom. The number of nitrogens with one attached hydrogen (secondary N) is 1. The van der Waals surface area contributed by atoms with Gasteiger partial charge in [0.2, 0.25) is 0 Å². The summed E-state index contributed by atoms with van der Waals surface area (Å²) in [6, 6.07) is 6.31. The van der Waals surface area contributed by atoms with Crippen LogP contribution in [0.15, 0.2) is 44.5 Å². The maximum Gasteiger partial charge on any atom is 0.408 e. The zero-order valence-electron chi connectivity index (χ0n) is 20.5. The van der Waals surface area contributed by atoms with Crippen LogP contribution in [0, 0.1) is 13.8 Å². The third-order valence-corrected chi connectivity index (χ3v) is 5.35. The van der Waals surface area contributed by atoms with Gasteiger partial charge in [-0.15, -0.1) is 0 Å². The van der Waals surface area contributed by atoms with E-state index in [4.69, 9.17) is 9.15 Å². The Kier molecular flexibility index (Phi) is 6.54. The van der Waals surface area contributed by atoms with Crippen LogP contribution >= 0.6 is 0 Å². The number of rotatable bonds is 4. The first kappa shape index (κ1) is 24.3. The van der Waals surface area contributed by atoms with E-state index >= 15 is 0 Å². The van der Waals surface area contributed by atoms with Crippen LogP contribution in [-0.2, 0) is 4.74 Å². The molecule has 0 spiro atoms. The molecule has 0 aliphatic carbocycles. The van der Waals surface area contributed by atoms with Crippen LogP contribution in [-0.4, -0.2) is 16.3 Å². The van der Waals surface area contributed by atoms with Crippen molar-refractivity contribution in [2.45, 2.75) is 73.1 Å². The zero-order chi connectivity index (χ0) is 24.7. The highest BCUT2D eigenvalue weighted by Crippen LogP contribution is 2.31. The first-order valence-corrected chi connectivity index (χ1v) is 11.1. The summed E-state index contributed by atoms with van der Waals surface area (Å²) in [5.74, 6) is 0.400. The summed E-state index contributed by atoms with van der Waals surface area (Å²) in [5, 5.41) is 3.27. The minimum Gasteiger partial charge on any atom is -0.455 e. The Bertz CT molecular complexity index is 1330. The fourth-order valence-corrected chi connectivity index (χ4v) is 3.77. The maximum absolute atomic E-state index is 13.3. The number of ether oxygens (including phenoxy) is 1. The average Bonchev–Trinajstić information content (AvgIpc) is 2.69. The summed E-state index contributed by atoms with van der Waals surface area (Å²) in [4.78, 5) is 37.9. The Morgan fingerprint density at radius 2 is 1.76 bits per heavy atom. The van der Waals surface area contributed by atoms with Crippen molar-refractivity contribution in [3.05, 3.63) is 67.7 Å². The number of aromatic nitrogens is 1. The smallest absolute Gasteiger partial charge is 0.408 e. The molecule has 3 aromatic rings. The fraction of sp³-hybridized carbons (Fsp3) is 0.423. The molecule has 33 heavy (non-hydrogen) atoms. The van der Waals surface area contributed by atoms with E-state index in [1.54, 1.807) is 50.6 Å². The molecule has 2 aromatic heterocycles. The van der Waals surface area contributed by atoms with Gasteiger partial charge >= 0.3 is 6.09 Å². The molecule has 0 saturated carbocycles. The summed E-state index contributed by atoms with van der Waals surface area (Å²) >= 11 is 0. The monoisotopic (exact) mass is 452 g/mol. The Labute approximate surface area is 193 Å². The lowest BCUT2D eigenvalue weighted by Gasteiger charge is -2.23. The third-order valence-electron chi connectivity index (χ3n) is 5.35. The number of aryl methyl sites for hydroxylation is 1. The van der Waals surface area contributed by atoms with Crippen molar-refractivity contribution >= 4 is 17.1 Å². The van der Waals surface area contributed by atoms with E-state index in [-0.39, 0.29) is 17.0 Å². The van der Waals surface area contributed by atoms with Crippen molar-refractivity contribution < 1.29 is 13.9 Å². The highest BCUT2D eigenvalue weighted by Gasteiger charge is 2.22. The largest absolute Gasteiger partial charge is 0.455 e. The van der Waals surface area contributed by atoms with Gasteiger partial charge in [-0.1, -0.05) is 6.07 Å². The second-order valence-corrected chi connectivity index (χ2v) is 9.74. The van der Waals surface area contributed by atoms with E-state index in [1.165, 1.54) is 6.07 Å². The van der Waals surface area contributed by atoms with Crippen molar-refractivity contribution in [2.75, 3.05) is 0 Å². The van der Waals surface area contributed by atoms with Gasteiger partial charge in [-0.2, -0.15) is 0 Å². The number of hydrogen-bond donors (Lipinski definition) is 1. The van der Waals surface area contributed by atoms with Gasteiger partial charge in [-0.05, 0) is 73.1 Å². The molecule has 0 fully saturated rings. The van der Waals surface area contributed by atoms with Crippen molar-refractivity contribution in [1.82, 2.24) is 9.88 Å². The normalized spacial score (nSPS) is 12.8. The van der Waals surface area contributed by atoms with E-state index in [0.29, 0.717) is 33.4 Å². The Morgan fingerprint density at radius 1 is 1.09 bits per heavy atom. The van der Waals surface area contributed by atoms with Gasteiger partial charge in [0.15, 0.2) is 5.43 Å². The Balaban J connectivity index is 2.19.